The number of ether oxygens (including phenoxy) is 1. The van der Waals surface area contributed by atoms with Crippen LogP contribution in [0.4, 0.5) is 0 Å². The average molecular weight is 344 g/mol. The Bertz CT molecular complexity index is 720. The van der Waals surface area contributed by atoms with Gasteiger partial charge in [0.25, 0.3) is 5.91 Å². The molecule has 0 atom stereocenters. The second kappa shape index (κ2) is 8.27. The average Bonchev–Trinajstić information content (AvgIpc) is 3.02. The number of hydrogen-bond acceptors (Lipinski definition) is 4. The summed E-state index contributed by atoms with van der Waals surface area (Å²) in [6.07, 6.45) is 0.678. The normalized spacial score (nSPS) is 15.3. The van der Waals surface area contributed by atoms with Crippen LogP contribution < -0.4 is 10.2 Å². The largest absolute Gasteiger partial charge is 0.370 e. The molecule has 134 valence electrons. The smallest absolute Gasteiger partial charge is 0.257 e. The van der Waals surface area contributed by atoms with Gasteiger partial charge in [0, 0.05) is 12.1 Å². The Hall–Kier alpha value is -2.18. The zero-order valence-electron chi connectivity index (χ0n) is 14.9. The minimum Gasteiger partial charge on any atom is -0.370 e. The van der Waals surface area contributed by atoms with Crippen LogP contribution in [0.5, 0.6) is 0 Å². The lowest BCUT2D eigenvalue weighted by Gasteiger charge is -2.24. The molecule has 6 nitrogen and oxygen atoms in total. The van der Waals surface area contributed by atoms with E-state index in [1.165, 1.54) is 10.5 Å². The van der Waals surface area contributed by atoms with Crippen molar-refractivity contribution in [1.29, 1.82) is 0 Å². The van der Waals surface area contributed by atoms with Gasteiger partial charge in [-0.2, -0.15) is 0 Å². The Morgan fingerprint density at radius 2 is 1.96 bits per heavy atom. The molecule has 2 N–H and O–H groups in total. The molecule has 1 aliphatic rings. The van der Waals surface area contributed by atoms with Crippen LogP contribution in [-0.2, 0) is 24.2 Å². The van der Waals surface area contributed by atoms with Gasteiger partial charge >= 0.3 is 0 Å². The van der Waals surface area contributed by atoms with E-state index in [1.54, 1.807) is 6.92 Å². The van der Waals surface area contributed by atoms with E-state index < -0.39 is 0 Å². The van der Waals surface area contributed by atoms with Crippen LogP contribution in [0.15, 0.2) is 28.8 Å². The Balaban J connectivity index is 1.66. The number of carbonyl (C=O) groups excluding carboxylic acids is 1. The fourth-order valence-electron chi connectivity index (χ4n) is 3.22. The lowest BCUT2D eigenvalue weighted by molar-refractivity contribution is -0.921. The zero-order chi connectivity index (χ0) is 17.6. The summed E-state index contributed by atoms with van der Waals surface area (Å²) in [5.41, 5.74) is 3.71. The van der Waals surface area contributed by atoms with Crippen molar-refractivity contribution in [2.24, 2.45) is 0 Å². The van der Waals surface area contributed by atoms with E-state index in [4.69, 9.17) is 9.26 Å². The first-order chi connectivity index (χ1) is 12.2. The number of quaternary nitrogens is 1. The minimum atomic E-state index is -0.121. The summed E-state index contributed by atoms with van der Waals surface area (Å²) in [6.45, 7) is 8.90. The van der Waals surface area contributed by atoms with Gasteiger partial charge in [-0.1, -0.05) is 36.3 Å². The Morgan fingerprint density at radius 3 is 2.68 bits per heavy atom. The Morgan fingerprint density at radius 1 is 1.24 bits per heavy atom. The quantitative estimate of drug-likeness (QED) is 0.817. The molecule has 1 aromatic carbocycles. The second-order valence-corrected chi connectivity index (χ2v) is 6.40. The fraction of sp³-hybridized carbons (Fsp3) is 0.474. The predicted octanol–water partition coefficient (Wildman–Crippen LogP) is 0.891. The lowest BCUT2D eigenvalue weighted by Crippen LogP contribution is -3.12. The van der Waals surface area contributed by atoms with Crippen molar-refractivity contribution in [1.82, 2.24) is 10.5 Å². The van der Waals surface area contributed by atoms with Crippen LogP contribution in [0.1, 0.15) is 39.9 Å². The Labute approximate surface area is 148 Å². The molecule has 0 saturated carbocycles. The van der Waals surface area contributed by atoms with Gasteiger partial charge in [-0.05, 0) is 18.9 Å². The summed E-state index contributed by atoms with van der Waals surface area (Å²) in [7, 11) is 0. The molecule has 2 aromatic rings. The number of aryl methyl sites for hydroxylation is 2. The Kier molecular flexibility index (Phi) is 5.83. The van der Waals surface area contributed by atoms with E-state index >= 15 is 0 Å². The van der Waals surface area contributed by atoms with Crippen molar-refractivity contribution in [2.75, 3.05) is 26.3 Å². The van der Waals surface area contributed by atoms with Crippen molar-refractivity contribution >= 4 is 5.91 Å². The van der Waals surface area contributed by atoms with Crippen molar-refractivity contribution in [3.8, 4) is 0 Å². The molecule has 0 aliphatic carbocycles. The molecule has 1 saturated heterocycles. The first-order valence-electron chi connectivity index (χ1n) is 8.90. The maximum absolute atomic E-state index is 12.5. The predicted molar refractivity (Wildman–Crippen MR) is 93.4 cm³/mol. The van der Waals surface area contributed by atoms with Crippen molar-refractivity contribution in [3.63, 3.8) is 0 Å². The number of aromatic nitrogens is 1. The number of carbonyl (C=O) groups is 1. The number of rotatable bonds is 6. The molecule has 1 aromatic heterocycles. The van der Waals surface area contributed by atoms with Crippen molar-refractivity contribution < 1.29 is 19.0 Å². The molecule has 1 aliphatic heterocycles. The van der Waals surface area contributed by atoms with E-state index in [1.807, 2.05) is 13.0 Å². The standard InChI is InChI=1S/C19H25N3O3/c1-3-17-18(14(2)25-21-17)19(23)20-12-15-6-4-5-7-16(15)13-22-8-10-24-11-9-22/h4-7H,3,8-13H2,1-2H3,(H,20,23)/p+1. The molecule has 0 unspecified atom stereocenters. The first kappa shape index (κ1) is 17.6. The lowest BCUT2D eigenvalue weighted by atomic mass is 10.1. The molecule has 1 fully saturated rings. The first-order valence-corrected chi connectivity index (χ1v) is 8.90. The van der Waals surface area contributed by atoms with Crippen LogP contribution in [0.2, 0.25) is 0 Å². The zero-order valence-corrected chi connectivity index (χ0v) is 14.9. The third-order valence-corrected chi connectivity index (χ3v) is 4.69. The minimum absolute atomic E-state index is 0.121. The maximum atomic E-state index is 12.5. The number of hydrogen-bond donors (Lipinski definition) is 2. The van der Waals surface area contributed by atoms with Crippen LogP contribution in [-0.4, -0.2) is 37.4 Å². The van der Waals surface area contributed by atoms with Crippen LogP contribution >= 0.6 is 0 Å². The molecule has 6 heteroatoms. The SMILES string of the molecule is CCc1noc(C)c1C(=O)NCc1ccccc1C[NH+]1CCOCC1. The third-order valence-electron chi connectivity index (χ3n) is 4.69. The van der Waals surface area contributed by atoms with Gasteiger partial charge in [0.1, 0.15) is 31.0 Å². The highest BCUT2D eigenvalue weighted by Crippen LogP contribution is 2.14. The summed E-state index contributed by atoms with van der Waals surface area (Å²) in [5, 5.41) is 6.98. The van der Waals surface area contributed by atoms with Crippen LogP contribution in [0, 0.1) is 6.92 Å². The number of nitrogens with zero attached hydrogens (tertiary/aromatic N) is 1. The van der Waals surface area contributed by atoms with E-state index in [-0.39, 0.29) is 5.91 Å². The molecule has 2 heterocycles. The highest BCUT2D eigenvalue weighted by molar-refractivity contribution is 5.96. The van der Waals surface area contributed by atoms with Gasteiger partial charge < -0.3 is 19.5 Å². The maximum Gasteiger partial charge on any atom is 0.257 e. The molecule has 0 bridgehead atoms. The second-order valence-electron chi connectivity index (χ2n) is 6.40. The molecule has 0 radical (unpaired) electrons. The van der Waals surface area contributed by atoms with Crippen molar-refractivity contribution in [3.05, 3.63) is 52.4 Å². The number of amides is 1. The summed E-state index contributed by atoms with van der Waals surface area (Å²) in [5.74, 6) is 0.449. The van der Waals surface area contributed by atoms with E-state index in [0.717, 1.165) is 38.4 Å². The summed E-state index contributed by atoms with van der Waals surface area (Å²) in [6, 6.07) is 8.30. The van der Waals surface area contributed by atoms with E-state index in [9.17, 15) is 4.79 Å². The van der Waals surface area contributed by atoms with Gasteiger partial charge in [0.05, 0.1) is 18.9 Å². The van der Waals surface area contributed by atoms with Gasteiger partial charge in [-0.3, -0.25) is 4.79 Å². The summed E-state index contributed by atoms with van der Waals surface area (Å²) < 4.78 is 10.6. The number of morpholine rings is 1. The van der Waals surface area contributed by atoms with Gasteiger partial charge in [0.15, 0.2) is 0 Å². The van der Waals surface area contributed by atoms with Crippen molar-refractivity contribution in [2.45, 2.75) is 33.4 Å². The molecule has 3 rings (SSSR count). The summed E-state index contributed by atoms with van der Waals surface area (Å²) in [4.78, 5) is 14.1. The molecule has 25 heavy (non-hydrogen) atoms. The number of benzene rings is 1. The molecule has 0 spiro atoms. The van der Waals surface area contributed by atoms with Crippen LogP contribution in [0.3, 0.4) is 0 Å². The number of nitrogens with one attached hydrogen (secondary N) is 2. The van der Waals surface area contributed by atoms with Crippen LogP contribution in [0.25, 0.3) is 0 Å². The monoisotopic (exact) mass is 344 g/mol. The fourth-order valence-corrected chi connectivity index (χ4v) is 3.22. The van der Waals surface area contributed by atoms with Gasteiger partial charge in [-0.25, -0.2) is 0 Å². The van der Waals surface area contributed by atoms with Gasteiger partial charge in [0.2, 0.25) is 0 Å². The van der Waals surface area contributed by atoms with Gasteiger partial charge in [-0.15, -0.1) is 0 Å². The third kappa shape index (κ3) is 4.27. The van der Waals surface area contributed by atoms with E-state index in [2.05, 4.69) is 28.7 Å². The highest BCUT2D eigenvalue weighted by atomic mass is 16.5. The van der Waals surface area contributed by atoms with E-state index in [0.29, 0.717) is 30.0 Å². The topological polar surface area (TPSA) is 68.8 Å². The summed E-state index contributed by atoms with van der Waals surface area (Å²) >= 11 is 0. The highest BCUT2D eigenvalue weighted by Gasteiger charge is 2.20. The molecule has 1 amide bonds. The molecular weight excluding hydrogens is 318 g/mol. The molecular formula is C19H26N3O3+.